The summed E-state index contributed by atoms with van der Waals surface area (Å²) in [4.78, 5) is 11.6. The van der Waals surface area contributed by atoms with Crippen LogP contribution < -0.4 is 24.4 Å². The molecule has 1 saturated heterocycles. The number of ether oxygens (including phenoxy) is 2. The summed E-state index contributed by atoms with van der Waals surface area (Å²) in [5.74, 6) is 2.44. The van der Waals surface area contributed by atoms with Crippen LogP contribution in [-0.4, -0.2) is 44.7 Å². The maximum atomic E-state index is 12.9. The van der Waals surface area contributed by atoms with E-state index in [-0.39, 0.29) is 4.90 Å². The van der Waals surface area contributed by atoms with Gasteiger partial charge in [-0.05, 0) is 62.6 Å². The van der Waals surface area contributed by atoms with Gasteiger partial charge in [-0.15, -0.1) is 0 Å². The van der Waals surface area contributed by atoms with E-state index in [9.17, 15) is 8.42 Å². The third-order valence-electron chi connectivity index (χ3n) is 5.92. The number of anilines is 4. The first kappa shape index (κ1) is 23.2. The van der Waals surface area contributed by atoms with Crippen molar-refractivity contribution in [1.29, 1.82) is 0 Å². The molecular formula is C25H29N5O4S. The highest BCUT2D eigenvalue weighted by Gasteiger charge is 2.19. The third-order valence-corrected chi connectivity index (χ3v) is 7.30. The second kappa shape index (κ2) is 9.99. The largest absolute Gasteiger partial charge is 0.490 e. The third kappa shape index (κ3) is 5.59. The number of nitrogens with one attached hydrogen (secondary N) is 2. The smallest absolute Gasteiger partial charge is 0.262 e. The zero-order valence-corrected chi connectivity index (χ0v) is 20.5. The zero-order chi connectivity index (χ0) is 24.3. The molecule has 0 spiro atoms. The number of aromatic nitrogens is 2. The van der Waals surface area contributed by atoms with E-state index in [0.717, 1.165) is 49.7 Å². The Labute approximate surface area is 205 Å². The van der Waals surface area contributed by atoms with Gasteiger partial charge >= 0.3 is 0 Å². The first-order chi connectivity index (χ1) is 17.0. The molecule has 0 aliphatic carbocycles. The fourth-order valence-electron chi connectivity index (χ4n) is 4.15. The highest BCUT2D eigenvalue weighted by Crippen LogP contribution is 2.32. The SMILES string of the molecule is Cc1cc(Nc2ccc(NS(=O)(=O)c3ccc4c(c3)OCCCO4)cc2)nc(N2CCCCC2)n1. The average molecular weight is 496 g/mol. The van der Waals surface area contributed by atoms with Crippen molar-refractivity contribution < 1.29 is 17.9 Å². The number of benzene rings is 2. The molecule has 0 unspecified atom stereocenters. The van der Waals surface area contributed by atoms with Crippen LogP contribution in [0.2, 0.25) is 0 Å². The lowest BCUT2D eigenvalue weighted by atomic mass is 10.1. The van der Waals surface area contributed by atoms with Crippen LogP contribution in [0.15, 0.2) is 53.4 Å². The summed E-state index contributed by atoms with van der Waals surface area (Å²) in [7, 11) is -3.79. The van der Waals surface area contributed by atoms with Gasteiger partial charge in [-0.1, -0.05) is 0 Å². The predicted octanol–water partition coefficient (Wildman–Crippen LogP) is 4.48. The molecule has 1 aromatic heterocycles. The van der Waals surface area contributed by atoms with Crippen LogP contribution in [0.4, 0.5) is 23.1 Å². The summed E-state index contributed by atoms with van der Waals surface area (Å²) < 4.78 is 39.7. The molecule has 0 bridgehead atoms. The molecule has 0 saturated carbocycles. The van der Waals surface area contributed by atoms with Gasteiger partial charge in [0, 0.05) is 48.7 Å². The minimum absolute atomic E-state index is 0.116. The van der Waals surface area contributed by atoms with Crippen molar-refractivity contribution in [3.63, 3.8) is 0 Å². The zero-order valence-electron chi connectivity index (χ0n) is 19.7. The number of sulfonamides is 1. The van der Waals surface area contributed by atoms with Crippen LogP contribution in [0.25, 0.3) is 0 Å². The fraction of sp³-hybridized carbons (Fsp3) is 0.360. The first-order valence-corrected chi connectivity index (χ1v) is 13.3. The van der Waals surface area contributed by atoms with E-state index in [0.29, 0.717) is 36.2 Å². The summed E-state index contributed by atoms with van der Waals surface area (Å²) in [5, 5.41) is 3.30. The number of nitrogens with zero attached hydrogens (tertiary/aromatic N) is 3. The quantitative estimate of drug-likeness (QED) is 0.516. The molecule has 3 aromatic rings. The molecule has 2 N–H and O–H groups in total. The monoisotopic (exact) mass is 495 g/mol. The Balaban J connectivity index is 1.28. The Bertz CT molecular complexity index is 1290. The Kier molecular flexibility index (Phi) is 6.63. The normalized spacial score (nSPS) is 15.9. The van der Waals surface area contributed by atoms with Crippen LogP contribution in [-0.2, 0) is 10.0 Å². The van der Waals surface area contributed by atoms with Gasteiger partial charge in [-0.3, -0.25) is 4.72 Å². The minimum Gasteiger partial charge on any atom is -0.490 e. The molecule has 35 heavy (non-hydrogen) atoms. The highest BCUT2D eigenvalue weighted by atomic mass is 32.2. The van der Waals surface area contributed by atoms with Crippen molar-refractivity contribution >= 4 is 33.2 Å². The van der Waals surface area contributed by atoms with E-state index in [1.54, 1.807) is 18.2 Å². The molecule has 0 radical (unpaired) electrons. The number of aryl methyl sites for hydroxylation is 1. The van der Waals surface area contributed by atoms with Crippen LogP contribution in [0.5, 0.6) is 11.5 Å². The van der Waals surface area contributed by atoms with E-state index in [4.69, 9.17) is 9.47 Å². The van der Waals surface area contributed by atoms with Crippen molar-refractivity contribution in [3.8, 4) is 11.5 Å². The van der Waals surface area contributed by atoms with E-state index in [2.05, 4.69) is 24.9 Å². The Morgan fingerprint density at radius 1 is 0.829 bits per heavy atom. The molecule has 3 heterocycles. The van der Waals surface area contributed by atoms with Crippen molar-refractivity contribution in [2.45, 2.75) is 37.5 Å². The molecule has 2 aliphatic heterocycles. The first-order valence-electron chi connectivity index (χ1n) is 11.9. The van der Waals surface area contributed by atoms with Gasteiger partial charge in [0.1, 0.15) is 5.82 Å². The molecule has 0 atom stereocenters. The lowest BCUT2D eigenvalue weighted by Gasteiger charge is -2.27. The molecule has 1 fully saturated rings. The average Bonchev–Trinajstić information content (AvgIpc) is 3.10. The Morgan fingerprint density at radius 3 is 2.31 bits per heavy atom. The second-order valence-electron chi connectivity index (χ2n) is 8.71. The minimum atomic E-state index is -3.79. The van der Waals surface area contributed by atoms with Crippen molar-refractivity contribution in [3.05, 3.63) is 54.2 Å². The molecule has 10 heteroatoms. The number of hydrogen-bond donors (Lipinski definition) is 2. The molecule has 2 aromatic carbocycles. The van der Waals surface area contributed by atoms with Crippen LogP contribution in [0.1, 0.15) is 31.4 Å². The molecule has 184 valence electrons. The van der Waals surface area contributed by atoms with Crippen LogP contribution in [0.3, 0.4) is 0 Å². The van der Waals surface area contributed by atoms with E-state index >= 15 is 0 Å². The number of piperidine rings is 1. The molecular weight excluding hydrogens is 466 g/mol. The second-order valence-corrected chi connectivity index (χ2v) is 10.4. The molecule has 9 nitrogen and oxygen atoms in total. The summed E-state index contributed by atoms with van der Waals surface area (Å²) in [6.07, 6.45) is 4.31. The van der Waals surface area contributed by atoms with E-state index in [1.165, 1.54) is 18.6 Å². The van der Waals surface area contributed by atoms with Gasteiger partial charge in [0.15, 0.2) is 11.5 Å². The summed E-state index contributed by atoms with van der Waals surface area (Å²) in [6, 6.07) is 13.6. The topological polar surface area (TPSA) is 106 Å². The summed E-state index contributed by atoms with van der Waals surface area (Å²) in [6.45, 7) is 4.94. The lowest BCUT2D eigenvalue weighted by molar-refractivity contribution is 0.297. The van der Waals surface area contributed by atoms with E-state index < -0.39 is 10.0 Å². The van der Waals surface area contributed by atoms with Crippen LogP contribution >= 0.6 is 0 Å². The van der Waals surface area contributed by atoms with Crippen molar-refractivity contribution in [2.75, 3.05) is 41.2 Å². The van der Waals surface area contributed by atoms with Gasteiger partial charge in [0.25, 0.3) is 10.0 Å². The van der Waals surface area contributed by atoms with Crippen LogP contribution in [0, 0.1) is 6.92 Å². The Hall–Kier alpha value is -3.53. The lowest BCUT2D eigenvalue weighted by Crippen LogP contribution is -2.31. The molecule has 2 aliphatic rings. The maximum Gasteiger partial charge on any atom is 0.262 e. The van der Waals surface area contributed by atoms with Gasteiger partial charge in [0.05, 0.1) is 18.1 Å². The molecule has 5 rings (SSSR count). The maximum absolute atomic E-state index is 12.9. The Morgan fingerprint density at radius 2 is 1.54 bits per heavy atom. The van der Waals surface area contributed by atoms with Gasteiger partial charge in [-0.25, -0.2) is 13.4 Å². The number of fused-ring (bicyclic) bond motifs is 1. The van der Waals surface area contributed by atoms with Gasteiger partial charge in [0.2, 0.25) is 5.95 Å². The fourth-order valence-corrected chi connectivity index (χ4v) is 5.22. The molecule has 0 amide bonds. The van der Waals surface area contributed by atoms with Gasteiger partial charge in [-0.2, -0.15) is 4.98 Å². The number of hydrogen-bond acceptors (Lipinski definition) is 8. The number of rotatable bonds is 6. The van der Waals surface area contributed by atoms with Crippen molar-refractivity contribution in [1.82, 2.24) is 9.97 Å². The van der Waals surface area contributed by atoms with E-state index in [1.807, 2.05) is 25.1 Å². The van der Waals surface area contributed by atoms with Gasteiger partial charge < -0.3 is 19.7 Å². The van der Waals surface area contributed by atoms with Crippen molar-refractivity contribution in [2.24, 2.45) is 0 Å². The predicted molar refractivity (Wildman–Crippen MR) is 135 cm³/mol. The highest BCUT2D eigenvalue weighted by molar-refractivity contribution is 7.92. The summed E-state index contributed by atoms with van der Waals surface area (Å²) >= 11 is 0. The summed E-state index contributed by atoms with van der Waals surface area (Å²) in [5.41, 5.74) is 2.14. The standard InChI is InChI=1S/C25H29N5O4S/c1-18-16-24(28-25(26-18)30-12-3-2-4-13-30)27-19-6-8-20(9-7-19)29-35(31,32)21-10-11-22-23(17-21)34-15-5-14-33-22/h6-11,16-17,29H,2-5,12-15H2,1H3,(H,26,27,28).